The Kier molecular flexibility index (Phi) is 10.2. The highest BCUT2D eigenvalue weighted by Gasteiger charge is 2.32. The lowest BCUT2D eigenvalue weighted by molar-refractivity contribution is -0.252. The van der Waals surface area contributed by atoms with E-state index in [4.69, 9.17) is 14.2 Å². The zero-order valence-corrected chi connectivity index (χ0v) is 26.1. The third-order valence-corrected chi connectivity index (χ3v) is 8.32. The molecule has 4 aromatic carbocycles. The Balaban J connectivity index is 1.12. The predicted octanol–water partition coefficient (Wildman–Crippen LogP) is 5.36. The van der Waals surface area contributed by atoms with Crippen molar-refractivity contribution in [3.05, 3.63) is 137 Å². The highest BCUT2D eigenvalue weighted by Crippen LogP contribution is 2.38. The van der Waals surface area contributed by atoms with E-state index in [9.17, 15) is 14.7 Å². The van der Waals surface area contributed by atoms with Gasteiger partial charge in [0, 0.05) is 24.9 Å². The normalized spacial score (nSPS) is 18.4. The maximum Gasteiger partial charge on any atom is 0.328 e. The number of nitrogens with one attached hydrogen (secondary N) is 2. The summed E-state index contributed by atoms with van der Waals surface area (Å²) in [5, 5.41) is 15.1. The summed E-state index contributed by atoms with van der Waals surface area (Å²) in [6.07, 6.45) is 1.82. The smallest absolute Gasteiger partial charge is 0.328 e. The highest BCUT2D eigenvalue weighted by atomic mass is 16.7. The second kappa shape index (κ2) is 15.0. The number of imidazole rings is 1. The number of hydrogen-bond donors (Lipinski definition) is 3. The van der Waals surface area contributed by atoms with Gasteiger partial charge in [0.1, 0.15) is 6.04 Å². The number of rotatable bonds is 11. The molecular formula is C37H38N4O6. The van der Waals surface area contributed by atoms with Gasteiger partial charge in [-0.3, -0.25) is 0 Å². The molecule has 0 radical (unpaired) electrons. The Morgan fingerprint density at radius 3 is 2.34 bits per heavy atom. The summed E-state index contributed by atoms with van der Waals surface area (Å²) in [4.78, 5) is 29.6. The molecule has 0 bridgehead atoms. The molecule has 242 valence electrons. The fourth-order valence-corrected chi connectivity index (χ4v) is 5.78. The van der Waals surface area contributed by atoms with E-state index in [1.54, 1.807) is 0 Å². The minimum Gasteiger partial charge on any atom is -0.467 e. The number of aromatic nitrogens is 2. The Bertz CT molecular complexity index is 1770. The minimum absolute atomic E-state index is 0.0176. The summed E-state index contributed by atoms with van der Waals surface area (Å²) in [7, 11) is 1.30. The summed E-state index contributed by atoms with van der Waals surface area (Å²) in [6.45, 7) is 0.851. The number of nitrogens with zero attached hydrogens (tertiary/aromatic N) is 2. The second-order valence-corrected chi connectivity index (χ2v) is 11.6. The van der Waals surface area contributed by atoms with E-state index in [2.05, 4.69) is 26.3 Å². The SMILES string of the molecule is COC(=O)[C@H](Cc1ccccc1)NC(=O)NCc1ccc([C@@H]2O[C@H](Cn3cnc4ccccc43)C[C@H](c3ccc(CO)cc3)O2)cc1. The molecule has 47 heavy (non-hydrogen) atoms. The van der Waals surface area contributed by atoms with Gasteiger partial charge in [0.05, 0.1) is 49.8 Å². The average Bonchev–Trinajstić information content (AvgIpc) is 3.53. The monoisotopic (exact) mass is 634 g/mol. The van der Waals surface area contributed by atoms with Gasteiger partial charge in [0.15, 0.2) is 6.29 Å². The van der Waals surface area contributed by atoms with Gasteiger partial charge in [-0.05, 0) is 34.4 Å². The van der Waals surface area contributed by atoms with Crippen LogP contribution in [-0.2, 0) is 45.1 Å². The lowest BCUT2D eigenvalue weighted by Crippen LogP contribution is -2.47. The largest absolute Gasteiger partial charge is 0.467 e. The van der Waals surface area contributed by atoms with Crippen molar-refractivity contribution in [3.63, 3.8) is 0 Å². The van der Waals surface area contributed by atoms with Crippen LogP contribution in [0, 0.1) is 0 Å². The predicted molar refractivity (Wildman–Crippen MR) is 176 cm³/mol. The molecule has 1 saturated heterocycles. The van der Waals surface area contributed by atoms with Crippen LogP contribution < -0.4 is 10.6 Å². The van der Waals surface area contributed by atoms with Gasteiger partial charge >= 0.3 is 12.0 Å². The van der Waals surface area contributed by atoms with Crippen LogP contribution in [-0.4, -0.2) is 45.9 Å². The quantitative estimate of drug-likeness (QED) is 0.167. The van der Waals surface area contributed by atoms with Gasteiger partial charge in [-0.2, -0.15) is 0 Å². The summed E-state index contributed by atoms with van der Waals surface area (Å²) in [5.41, 5.74) is 6.47. The van der Waals surface area contributed by atoms with Crippen LogP contribution >= 0.6 is 0 Å². The number of urea groups is 1. The van der Waals surface area contributed by atoms with Crippen molar-refractivity contribution in [1.29, 1.82) is 0 Å². The number of esters is 1. The van der Waals surface area contributed by atoms with Crippen LogP contribution in [0.5, 0.6) is 0 Å². The Hall–Kier alpha value is -5.03. The maximum absolute atomic E-state index is 12.7. The summed E-state index contributed by atoms with van der Waals surface area (Å²) in [5.74, 6) is -0.511. The lowest BCUT2D eigenvalue weighted by Gasteiger charge is -2.36. The molecule has 1 aromatic heterocycles. The van der Waals surface area contributed by atoms with E-state index in [1.807, 2.05) is 103 Å². The molecule has 1 fully saturated rings. The van der Waals surface area contributed by atoms with Crippen molar-refractivity contribution in [1.82, 2.24) is 20.2 Å². The number of benzene rings is 4. The third-order valence-electron chi connectivity index (χ3n) is 8.32. The van der Waals surface area contributed by atoms with Crippen molar-refractivity contribution in [2.75, 3.05) is 7.11 Å². The number of aliphatic hydroxyl groups is 1. The van der Waals surface area contributed by atoms with Crippen LogP contribution in [0.2, 0.25) is 0 Å². The standard InChI is InChI=1S/C37H38N4O6/c1-45-35(43)32(19-25-7-3-2-4-8-25)40-37(44)38-21-26-11-17-29(18-12-26)36-46-30(22-41-24-39-31-9-5-6-10-33(31)41)20-34(47-36)28-15-13-27(23-42)14-16-28/h2-18,24,30,32,34,36,42H,19-23H2,1H3,(H2,38,40,44)/t30-,32-,34+,36+/m0/s1. The van der Waals surface area contributed by atoms with E-state index < -0.39 is 24.3 Å². The Morgan fingerprint density at radius 2 is 1.60 bits per heavy atom. The molecule has 2 amide bonds. The van der Waals surface area contributed by atoms with Crippen LogP contribution in [0.25, 0.3) is 11.0 Å². The average molecular weight is 635 g/mol. The number of amides is 2. The molecule has 0 spiro atoms. The number of hydrogen-bond acceptors (Lipinski definition) is 7. The number of para-hydroxylation sites is 2. The number of carbonyl (C=O) groups is 2. The number of ether oxygens (including phenoxy) is 3. The first kappa shape index (κ1) is 31.9. The summed E-state index contributed by atoms with van der Waals surface area (Å²) < 4.78 is 20.0. The molecular weight excluding hydrogens is 596 g/mol. The van der Waals surface area contributed by atoms with E-state index in [0.717, 1.165) is 38.9 Å². The molecule has 0 saturated carbocycles. The molecule has 6 rings (SSSR count). The lowest BCUT2D eigenvalue weighted by atomic mass is 9.99. The first-order valence-corrected chi connectivity index (χ1v) is 15.6. The van der Waals surface area contributed by atoms with Crippen molar-refractivity contribution in [3.8, 4) is 0 Å². The Labute approximate surface area is 273 Å². The number of methoxy groups -OCH3 is 1. The second-order valence-electron chi connectivity index (χ2n) is 11.6. The summed E-state index contributed by atoms with van der Waals surface area (Å²) >= 11 is 0. The fourth-order valence-electron chi connectivity index (χ4n) is 5.78. The van der Waals surface area contributed by atoms with Crippen LogP contribution in [0.4, 0.5) is 4.79 Å². The molecule has 0 unspecified atom stereocenters. The molecule has 10 nitrogen and oxygen atoms in total. The molecule has 4 atom stereocenters. The topological polar surface area (TPSA) is 124 Å². The number of carbonyl (C=O) groups excluding carboxylic acids is 2. The van der Waals surface area contributed by atoms with Gasteiger partial charge in [-0.1, -0.05) is 91.0 Å². The van der Waals surface area contributed by atoms with Crippen LogP contribution in [0.15, 0.2) is 109 Å². The molecule has 10 heteroatoms. The van der Waals surface area contributed by atoms with Crippen LogP contribution in [0.3, 0.4) is 0 Å². The van der Waals surface area contributed by atoms with E-state index in [1.165, 1.54) is 7.11 Å². The first-order valence-electron chi connectivity index (χ1n) is 15.6. The van der Waals surface area contributed by atoms with E-state index >= 15 is 0 Å². The molecule has 0 aliphatic carbocycles. The fraction of sp³-hybridized carbons (Fsp3) is 0.270. The molecule has 2 heterocycles. The van der Waals surface area contributed by atoms with Gasteiger partial charge in [0.2, 0.25) is 0 Å². The van der Waals surface area contributed by atoms with Gasteiger partial charge in [-0.15, -0.1) is 0 Å². The highest BCUT2D eigenvalue weighted by molar-refractivity contribution is 5.83. The van der Waals surface area contributed by atoms with E-state index in [-0.39, 0.29) is 25.4 Å². The van der Waals surface area contributed by atoms with Crippen molar-refractivity contribution < 1.29 is 28.9 Å². The molecule has 5 aromatic rings. The van der Waals surface area contributed by atoms with Gasteiger partial charge in [0.25, 0.3) is 0 Å². The zero-order chi connectivity index (χ0) is 32.6. The minimum atomic E-state index is -0.814. The zero-order valence-electron chi connectivity index (χ0n) is 26.1. The van der Waals surface area contributed by atoms with Gasteiger partial charge in [-0.25, -0.2) is 14.6 Å². The Morgan fingerprint density at radius 1 is 0.894 bits per heavy atom. The maximum atomic E-state index is 12.7. The first-order chi connectivity index (χ1) is 23.0. The molecule has 1 aliphatic heterocycles. The van der Waals surface area contributed by atoms with Crippen molar-refractivity contribution in [2.24, 2.45) is 0 Å². The molecule has 1 aliphatic rings. The van der Waals surface area contributed by atoms with Crippen molar-refractivity contribution in [2.45, 2.75) is 57.1 Å². The van der Waals surface area contributed by atoms with Crippen molar-refractivity contribution >= 4 is 23.0 Å². The van der Waals surface area contributed by atoms with Gasteiger partial charge < -0.3 is 34.5 Å². The number of aliphatic hydroxyl groups excluding tert-OH is 1. The van der Waals surface area contributed by atoms with E-state index in [0.29, 0.717) is 19.4 Å². The summed E-state index contributed by atoms with van der Waals surface area (Å²) in [6, 6.07) is 31.7. The third kappa shape index (κ3) is 8.04. The van der Waals surface area contributed by atoms with Crippen LogP contribution in [0.1, 0.15) is 46.6 Å². The molecule has 3 N–H and O–H groups in total. The number of fused-ring (bicyclic) bond motifs is 1.